The van der Waals surface area contributed by atoms with Crippen LogP contribution in [0.4, 0.5) is 13.2 Å². The van der Waals surface area contributed by atoms with Gasteiger partial charge in [-0.15, -0.1) is 0 Å². The van der Waals surface area contributed by atoms with Gasteiger partial charge in [0.1, 0.15) is 0 Å². The van der Waals surface area contributed by atoms with E-state index in [4.69, 9.17) is 0 Å². The van der Waals surface area contributed by atoms with Crippen LogP contribution in [0.25, 0.3) is 0 Å². The molecule has 1 rings (SSSR count). The lowest BCUT2D eigenvalue weighted by atomic mass is 10.0. The zero-order chi connectivity index (χ0) is 9.90. The van der Waals surface area contributed by atoms with E-state index in [1.807, 2.05) is 12.2 Å². The first-order valence-electron chi connectivity index (χ1n) is 4.43. The Morgan fingerprint density at radius 1 is 1.46 bits per heavy atom. The molecule has 0 saturated heterocycles. The fraction of sp³-hybridized carbons (Fsp3) is 0.778. The van der Waals surface area contributed by atoms with Crippen molar-refractivity contribution in [3.8, 4) is 0 Å². The van der Waals surface area contributed by atoms with Crippen molar-refractivity contribution >= 4 is 0 Å². The second-order valence-corrected chi connectivity index (χ2v) is 3.46. The fourth-order valence-electron chi connectivity index (χ4n) is 1.56. The molecule has 0 saturated carbocycles. The largest absolute Gasteiger partial charge is 0.401 e. The molecule has 0 aromatic rings. The highest BCUT2D eigenvalue weighted by molar-refractivity contribution is 4.98. The highest BCUT2D eigenvalue weighted by atomic mass is 19.4. The maximum absolute atomic E-state index is 12.0. The van der Waals surface area contributed by atoms with Crippen molar-refractivity contribution in [2.75, 3.05) is 13.6 Å². The summed E-state index contributed by atoms with van der Waals surface area (Å²) in [6.07, 6.45) is 2.57. The maximum Gasteiger partial charge on any atom is 0.401 e. The molecule has 0 bridgehead atoms. The molecule has 0 aromatic heterocycles. The van der Waals surface area contributed by atoms with E-state index < -0.39 is 12.7 Å². The molecule has 76 valence electrons. The van der Waals surface area contributed by atoms with Crippen LogP contribution in [-0.4, -0.2) is 30.7 Å². The molecule has 0 heterocycles. The third-order valence-corrected chi connectivity index (χ3v) is 2.22. The van der Waals surface area contributed by atoms with Crippen LogP contribution in [0.15, 0.2) is 12.2 Å². The van der Waals surface area contributed by atoms with E-state index in [2.05, 4.69) is 0 Å². The number of hydrogen-bond donors (Lipinski definition) is 0. The molecular formula is C9H14F3N. The van der Waals surface area contributed by atoms with Gasteiger partial charge in [0, 0.05) is 6.04 Å². The van der Waals surface area contributed by atoms with E-state index in [0.717, 1.165) is 19.3 Å². The van der Waals surface area contributed by atoms with Crippen LogP contribution in [0.5, 0.6) is 0 Å². The Kier molecular flexibility index (Phi) is 3.36. The lowest BCUT2D eigenvalue weighted by Crippen LogP contribution is -2.38. The summed E-state index contributed by atoms with van der Waals surface area (Å²) in [5.41, 5.74) is 0. The third-order valence-electron chi connectivity index (χ3n) is 2.22. The van der Waals surface area contributed by atoms with Crippen molar-refractivity contribution in [2.45, 2.75) is 31.5 Å². The number of halogens is 3. The zero-order valence-corrected chi connectivity index (χ0v) is 7.64. The molecule has 1 aliphatic carbocycles. The molecule has 1 atom stereocenters. The van der Waals surface area contributed by atoms with Crippen LogP contribution in [0.3, 0.4) is 0 Å². The van der Waals surface area contributed by atoms with Gasteiger partial charge in [-0.2, -0.15) is 13.2 Å². The van der Waals surface area contributed by atoms with E-state index in [1.165, 1.54) is 11.9 Å². The zero-order valence-electron chi connectivity index (χ0n) is 7.64. The highest BCUT2D eigenvalue weighted by Gasteiger charge is 2.31. The van der Waals surface area contributed by atoms with Gasteiger partial charge in [0.25, 0.3) is 0 Å². The molecule has 0 radical (unpaired) electrons. The Hall–Kier alpha value is -0.510. The molecule has 0 fully saturated rings. The quantitative estimate of drug-likeness (QED) is 0.609. The van der Waals surface area contributed by atoms with Crippen molar-refractivity contribution in [2.24, 2.45) is 0 Å². The summed E-state index contributed by atoms with van der Waals surface area (Å²) < 4.78 is 36.0. The van der Waals surface area contributed by atoms with Crippen LogP contribution in [0.2, 0.25) is 0 Å². The van der Waals surface area contributed by atoms with Crippen molar-refractivity contribution in [3.63, 3.8) is 0 Å². The van der Waals surface area contributed by atoms with Gasteiger partial charge >= 0.3 is 6.18 Å². The van der Waals surface area contributed by atoms with Crippen LogP contribution >= 0.6 is 0 Å². The number of likely N-dealkylation sites (N-methyl/N-ethyl adjacent to an activating group) is 1. The Labute approximate surface area is 76.2 Å². The van der Waals surface area contributed by atoms with Crippen LogP contribution < -0.4 is 0 Å². The van der Waals surface area contributed by atoms with Gasteiger partial charge in [0.2, 0.25) is 0 Å². The van der Waals surface area contributed by atoms with Gasteiger partial charge in [-0.3, -0.25) is 4.90 Å². The van der Waals surface area contributed by atoms with E-state index >= 15 is 0 Å². The summed E-state index contributed by atoms with van der Waals surface area (Å²) in [5, 5.41) is 0. The van der Waals surface area contributed by atoms with Gasteiger partial charge < -0.3 is 0 Å². The third kappa shape index (κ3) is 3.81. The number of alkyl halides is 3. The standard InChI is InChI=1S/C9H14F3N/c1-13(7-9(10,11)12)8-5-3-2-4-6-8/h3,5,8H,2,4,6-7H2,1H3. The molecule has 13 heavy (non-hydrogen) atoms. The summed E-state index contributed by atoms with van der Waals surface area (Å²) in [6.45, 7) is -0.817. The van der Waals surface area contributed by atoms with Crippen LogP contribution in [0, 0.1) is 0 Å². The molecule has 1 aliphatic rings. The van der Waals surface area contributed by atoms with E-state index in [9.17, 15) is 13.2 Å². The monoisotopic (exact) mass is 193 g/mol. The van der Waals surface area contributed by atoms with Crippen molar-refractivity contribution in [3.05, 3.63) is 12.2 Å². The first kappa shape index (κ1) is 10.6. The Morgan fingerprint density at radius 3 is 2.62 bits per heavy atom. The minimum atomic E-state index is -4.08. The summed E-state index contributed by atoms with van der Waals surface area (Å²) in [6, 6.07) is -0.0321. The number of nitrogens with zero attached hydrogens (tertiary/aromatic N) is 1. The SMILES string of the molecule is CN(CC(F)(F)F)C1C=CCCC1. The average molecular weight is 193 g/mol. The highest BCUT2D eigenvalue weighted by Crippen LogP contribution is 2.21. The molecule has 1 unspecified atom stereocenters. The Morgan fingerprint density at radius 2 is 2.15 bits per heavy atom. The molecule has 0 N–H and O–H groups in total. The molecule has 1 nitrogen and oxygen atoms in total. The van der Waals surface area contributed by atoms with Gasteiger partial charge in [-0.25, -0.2) is 0 Å². The summed E-state index contributed by atoms with van der Waals surface area (Å²) >= 11 is 0. The predicted octanol–water partition coefficient (Wildman–Crippen LogP) is 2.59. The van der Waals surface area contributed by atoms with E-state index in [0.29, 0.717) is 0 Å². The van der Waals surface area contributed by atoms with Crippen molar-refractivity contribution in [1.82, 2.24) is 4.90 Å². The molecular weight excluding hydrogens is 179 g/mol. The number of rotatable bonds is 2. The smallest absolute Gasteiger partial charge is 0.292 e. The predicted molar refractivity (Wildman–Crippen MR) is 45.5 cm³/mol. The van der Waals surface area contributed by atoms with Gasteiger partial charge in [-0.1, -0.05) is 12.2 Å². The van der Waals surface area contributed by atoms with Crippen LogP contribution in [0.1, 0.15) is 19.3 Å². The van der Waals surface area contributed by atoms with E-state index in [1.54, 1.807) is 0 Å². The second-order valence-electron chi connectivity index (χ2n) is 3.46. The van der Waals surface area contributed by atoms with Gasteiger partial charge in [0.05, 0.1) is 6.54 Å². The van der Waals surface area contributed by atoms with Gasteiger partial charge in [0.15, 0.2) is 0 Å². The molecule has 0 aliphatic heterocycles. The van der Waals surface area contributed by atoms with Crippen LogP contribution in [-0.2, 0) is 0 Å². The molecule has 0 amide bonds. The first-order chi connectivity index (χ1) is 5.99. The average Bonchev–Trinajstić information content (AvgIpc) is 2.03. The van der Waals surface area contributed by atoms with Crippen molar-refractivity contribution < 1.29 is 13.2 Å². The first-order valence-corrected chi connectivity index (χ1v) is 4.43. The summed E-state index contributed by atoms with van der Waals surface area (Å²) in [4.78, 5) is 1.36. The lowest BCUT2D eigenvalue weighted by molar-refractivity contribution is -0.146. The second kappa shape index (κ2) is 4.13. The molecule has 4 heteroatoms. The minimum Gasteiger partial charge on any atom is -0.292 e. The molecule has 0 aromatic carbocycles. The summed E-state index contributed by atoms with van der Waals surface area (Å²) in [7, 11) is 1.52. The normalized spacial score (nSPS) is 23.9. The molecule has 0 spiro atoms. The van der Waals surface area contributed by atoms with Gasteiger partial charge in [-0.05, 0) is 26.3 Å². The summed E-state index contributed by atoms with van der Waals surface area (Å²) in [5.74, 6) is 0. The lowest BCUT2D eigenvalue weighted by Gasteiger charge is -2.28. The topological polar surface area (TPSA) is 3.24 Å². The van der Waals surface area contributed by atoms with Crippen molar-refractivity contribution in [1.29, 1.82) is 0 Å². The minimum absolute atomic E-state index is 0.0321. The maximum atomic E-state index is 12.0. The van der Waals surface area contributed by atoms with E-state index in [-0.39, 0.29) is 6.04 Å². The number of hydrogen-bond acceptors (Lipinski definition) is 1. The Bertz CT molecular complexity index is 186. The fourth-order valence-corrected chi connectivity index (χ4v) is 1.56. The number of allylic oxidation sites excluding steroid dienone is 1. The Balaban J connectivity index is 2.42.